The summed E-state index contributed by atoms with van der Waals surface area (Å²) < 4.78 is 0. The molecule has 6 nitrogen and oxygen atoms in total. The summed E-state index contributed by atoms with van der Waals surface area (Å²) in [7, 11) is 0. The predicted octanol–water partition coefficient (Wildman–Crippen LogP) is 3.13. The van der Waals surface area contributed by atoms with Crippen molar-refractivity contribution in [1.29, 1.82) is 0 Å². The van der Waals surface area contributed by atoms with Gasteiger partial charge in [-0.1, -0.05) is 23.7 Å². The summed E-state index contributed by atoms with van der Waals surface area (Å²) in [6.07, 6.45) is 5.82. The van der Waals surface area contributed by atoms with Crippen LogP contribution >= 0.6 is 11.6 Å². The molecule has 0 spiro atoms. The lowest BCUT2D eigenvalue weighted by Gasteiger charge is -2.10. The Balaban J connectivity index is 1.78. The van der Waals surface area contributed by atoms with Crippen molar-refractivity contribution in [3.8, 4) is 11.3 Å². The van der Waals surface area contributed by atoms with Crippen molar-refractivity contribution in [3.63, 3.8) is 0 Å². The Bertz CT molecular complexity index is 838. The lowest BCUT2D eigenvalue weighted by molar-refractivity contribution is 0.934. The number of hydrogen-bond donors (Lipinski definition) is 2. The van der Waals surface area contributed by atoms with Crippen LogP contribution in [0.25, 0.3) is 11.3 Å². The van der Waals surface area contributed by atoms with Gasteiger partial charge >= 0.3 is 0 Å². The Morgan fingerprint density at radius 1 is 1.21 bits per heavy atom. The van der Waals surface area contributed by atoms with E-state index in [0.717, 1.165) is 28.9 Å². The molecule has 3 rings (SSSR count). The minimum Gasteiger partial charge on any atom is -0.369 e. The normalized spacial score (nSPS) is 10.6. The average Bonchev–Trinajstić information content (AvgIpc) is 2.58. The molecule has 2 heterocycles. The summed E-state index contributed by atoms with van der Waals surface area (Å²) >= 11 is 6.19. The van der Waals surface area contributed by atoms with E-state index >= 15 is 0 Å². The van der Waals surface area contributed by atoms with E-state index in [9.17, 15) is 0 Å². The zero-order valence-corrected chi connectivity index (χ0v) is 14.0. The van der Waals surface area contributed by atoms with Crippen LogP contribution in [-0.2, 0) is 6.42 Å². The molecule has 0 unspecified atom stereocenters. The first-order chi connectivity index (χ1) is 11.6. The Morgan fingerprint density at radius 2 is 2.08 bits per heavy atom. The van der Waals surface area contributed by atoms with Crippen LogP contribution in [0.2, 0.25) is 5.02 Å². The number of nitrogens with one attached hydrogen (secondary N) is 1. The van der Waals surface area contributed by atoms with Gasteiger partial charge in [0.2, 0.25) is 5.95 Å². The van der Waals surface area contributed by atoms with Gasteiger partial charge in [0, 0.05) is 48.2 Å². The van der Waals surface area contributed by atoms with E-state index in [1.807, 2.05) is 31.2 Å². The highest BCUT2D eigenvalue weighted by Crippen LogP contribution is 2.28. The molecule has 7 heteroatoms. The Kier molecular flexibility index (Phi) is 4.86. The number of anilines is 2. The minimum atomic E-state index is 0.217. The Hall–Kier alpha value is -2.73. The highest BCUT2D eigenvalue weighted by Gasteiger charge is 2.09. The highest BCUT2D eigenvalue weighted by molar-refractivity contribution is 6.31. The highest BCUT2D eigenvalue weighted by atomic mass is 35.5. The molecule has 3 N–H and O–H groups in total. The fraction of sp³-hybridized carbons (Fsp3) is 0.176. The number of hydrogen-bond acceptors (Lipinski definition) is 6. The molecular formula is C17H17ClN6. The van der Waals surface area contributed by atoms with Gasteiger partial charge in [0.25, 0.3) is 0 Å². The van der Waals surface area contributed by atoms with E-state index in [1.165, 1.54) is 0 Å². The molecule has 0 fully saturated rings. The predicted molar refractivity (Wildman–Crippen MR) is 95.9 cm³/mol. The van der Waals surface area contributed by atoms with Crippen molar-refractivity contribution in [1.82, 2.24) is 19.9 Å². The van der Waals surface area contributed by atoms with Gasteiger partial charge in [-0.05, 0) is 18.6 Å². The van der Waals surface area contributed by atoms with Crippen molar-refractivity contribution in [2.45, 2.75) is 13.3 Å². The van der Waals surface area contributed by atoms with Gasteiger partial charge < -0.3 is 11.1 Å². The number of nitrogens with two attached hydrogens (primary N) is 1. The third-order valence-corrected chi connectivity index (χ3v) is 4.00. The SMILES string of the molecule is Cc1c(Cl)cccc1-c1cc(NCCc2cnccn2)nc(N)n1. The van der Waals surface area contributed by atoms with E-state index < -0.39 is 0 Å². The van der Waals surface area contributed by atoms with E-state index in [2.05, 4.69) is 25.3 Å². The fourth-order valence-corrected chi connectivity index (χ4v) is 2.53. The van der Waals surface area contributed by atoms with Crippen LogP contribution in [0.1, 0.15) is 11.3 Å². The van der Waals surface area contributed by atoms with E-state index in [4.69, 9.17) is 17.3 Å². The molecule has 0 aliphatic rings. The van der Waals surface area contributed by atoms with Crippen molar-refractivity contribution in [2.75, 3.05) is 17.6 Å². The Morgan fingerprint density at radius 3 is 2.88 bits per heavy atom. The summed E-state index contributed by atoms with van der Waals surface area (Å²) in [4.78, 5) is 16.8. The molecule has 3 aromatic rings. The van der Waals surface area contributed by atoms with Crippen LogP contribution in [0.4, 0.5) is 11.8 Å². The van der Waals surface area contributed by atoms with E-state index in [1.54, 1.807) is 18.6 Å². The second kappa shape index (κ2) is 7.23. The molecule has 0 bridgehead atoms. The third kappa shape index (κ3) is 3.78. The number of halogens is 1. The number of rotatable bonds is 5. The summed E-state index contributed by atoms with van der Waals surface area (Å²) in [5.74, 6) is 0.884. The molecule has 122 valence electrons. The van der Waals surface area contributed by atoms with Gasteiger partial charge in [-0.2, -0.15) is 4.98 Å². The van der Waals surface area contributed by atoms with Crippen molar-refractivity contribution in [2.24, 2.45) is 0 Å². The second-order valence-corrected chi connectivity index (χ2v) is 5.69. The van der Waals surface area contributed by atoms with Crippen LogP contribution in [0, 0.1) is 6.92 Å². The molecule has 0 aliphatic carbocycles. The first kappa shape index (κ1) is 16.1. The topological polar surface area (TPSA) is 89.6 Å². The van der Waals surface area contributed by atoms with Crippen LogP contribution in [-0.4, -0.2) is 26.5 Å². The van der Waals surface area contributed by atoms with E-state index in [0.29, 0.717) is 17.4 Å². The zero-order chi connectivity index (χ0) is 16.9. The van der Waals surface area contributed by atoms with Crippen LogP contribution in [0.3, 0.4) is 0 Å². The summed E-state index contributed by atoms with van der Waals surface area (Å²) in [5.41, 5.74) is 9.40. The molecule has 0 aliphatic heterocycles. The average molecular weight is 341 g/mol. The second-order valence-electron chi connectivity index (χ2n) is 5.28. The van der Waals surface area contributed by atoms with Crippen molar-refractivity contribution in [3.05, 3.63) is 59.1 Å². The molecule has 0 amide bonds. The lowest BCUT2D eigenvalue weighted by Crippen LogP contribution is -2.09. The van der Waals surface area contributed by atoms with Crippen LogP contribution < -0.4 is 11.1 Å². The van der Waals surface area contributed by atoms with Crippen LogP contribution in [0.15, 0.2) is 42.9 Å². The zero-order valence-electron chi connectivity index (χ0n) is 13.2. The fourth-order valence-electron chi connectivity index (χ4n) is 2.36. The smallest absolute Gasteiger partial charge is 0.222 e. The number of nitrogen functional groups attached to an aromatic ring is 1. The quantitative estimate of drug-likeness (QED) is 0.741. The van der Waals surface area contributed by atoms with Gasteiger partial charge in [-0.25, -0.2) is 4.98 Å². The third-order valence-electron chi connectivity index (χ3n) is 3.59. The number of benzene rings is 1. The first-order valence-corrected chi connectivity index (χ1v) is 7.90. The van der Waals surface area contributed by atoms with Gasteiger partial charge in [0.1, 0.15) is 5.82 Å². The number of aromatic nitrogens is 4. The maximum atomic E-state index is 6.19. The van der Waals surface area contributed by atoms with E-state index in [-0.39, 0.29) is 5.95 Å². The van der Waals surface area contributed by atoms with Crippen molar-refractivity contribution < 1.29 is 0 Å². The van der Waals surface area contributed by atoms with Gasteiger partial charge in [0.05, 0.1) is 11.4 Å². The van der Waals surface area contributed by atoms with Gasteiger partial charge in [-0.15, -0.1) is 0 Å². The molecular weight excluding hydrogens is 324 g/mol. The molecule has 0 saturated heterocycles. The van der Waals surface area contributed by atoms with Crippen molar-refractivity contribution >= 4 is 23.4 Å². The first-order valence-electron chi connectivity index (χ1n) is 7.52. The lowest BCUT2D eigenvalue weighted by atomic mass is 10.1. The molecule has 1 aromatic carbocycles. The summed E-state index contributed by atoms with van der Waals surface area (Å²) in [5, 5.41) is 3.94. The molecule has 2 aromatic heterocycles. The monoisotopic (exact) mass is 340 g/mol. The maximum Gasteiger partial charge on any atom is 0.222 e. The summed E-state index contributed by atoms with van der Waals surface area (Å²) in [6, 6.07) is 7.58. The van der Waals surface area contributed by atoms with Gasteiger partial charge in [0.15, 0.2) is 0 Å². The summed E-state index contributed by atoms with van der Waals surface area (Å²) in [6.45, 7) is 2.63. The molecule has 0 radical (unpaired) electrons. The maximum absolute atomic E-state index is 6.19. The van der Waals surface area contributed by atoms with Gasteiger partial charge in [-0.3, -0.25) is 9.97 Å². The van der Waals surface area contributed by atoms with Crippen LogP contribution in [0.5, 0.6) is 0 Å². The Labute approximate surface area is 145 Å². The number of nitrogens with zero attached hydrogens (tertiary/aromatic N) is 4. The standard InChI is InChI=1S/C17H17ClN6/c1-11-13(3-2-4-14(11)18)15-9-16(24-17(19)23-15)22-6-5-12-10-20-7-8-21-12/h2-4,7-10H,5-6H2,1H3,(H3,19,22,23,24). The molecule has 24 heavy (non-hydrogen) atoms. The largest absolute Gasteiger partial charge is 0.369 e. The molecule has 0 saturated carbocycles. The molecule has 0 atom stereocenters. The minimum absolute atomic E-state index is 0.217.